The highest BCUT2D eigenvalue weighted by molar-refractivity contribution is 6.42. The van der Waals surface area contributed by atoms with Gasteiger partial charge >= 0.3 is 5.97 Å². The van der Waals surface area contributed by atoms with Crippen LogP contribution in [-0.4, -0.2) is 42.5 Å². The Labute approximate surface area is 217 Å². The number of carbonyl (C=O) groups excluding carboxylic acids is 2. The fraction of sp³-hybridized carbons (Fsp3) is 0.429. The van der Waals surface area contributed by atoms with Crippen LogP contribution in [-0.2, 0) is 21.4 Å². The van der Waals surface area contributed by atoms with Crippen molar-refractivity contribution in [3.63, 3.8) is 0 Å². The molecule has 2 aliphatic rings. The van der Waals surface area contributed by atoms with Gasteiger partial charge < -0.3 is 10.1 Å². The standard InChI is InChI=1S/C28H32Cl2N2O3/c1-3-12-32-13-11-28(21-5-4-6-24(16-21)35-19(2)33)17-23(9-8-22(28)18-32)31-27(34)15-20-7-10-25(29)26(30)14-20/h3-7,10,14,16,22-23H,1,8-9,11-13,15,17-18H2,2H3,(H,31,34)/t22?,23-,28?/m1/s1. The average molecular weight is 515 g/mol. The van der Waals surface area contributed by atoms with E-state index in [9.17, 15) is 9.59 Å². The number of esters is 1. The van der Waals surface area contributed by atoms with E-state index < -0.39 is 0 Å². The molecule has 2 aromatic rings. The van der Waals surface area contributed by atoms with E-state index in [0.29, 0.717) is 21.7 Å². The van der Waals surface area contributed by atoms with Crippen LogP contribution in [0.5, 0.6) is 5.75 Å². The van der Waals surface area contributed by atoms with Crippen molar-refractivity contribution in [2.45, 2.75) is 50.5 Å². The summed E-state index contributed by atoms with van der Waals surface area (Å²) in [5.41, 5.74) is 1.93. The van der Waals surface area contributed by atoms with E-state index in [0.717, 1.165) is 50.9 Å². The number of hydrogen-bond donors (Lipinski definition) is 1. The molecule has 1 heterocycles. The third-order valence-corrected chi connectivity index (χ3v) is 8.12. The van der Waals surface area contributed by atoms with E-state index in [4.69, 9.17) is 27.9 Å². The summed E-state index contributed by atoms with van der Waals surface area (Å²) in [5.74, 6) is 0.683. The smallest absolute Gasteiger partial charge is 0.308 e. The molecule has 0 bridgehead atoms. The molecule has 4 rings (SSSR count). The summed E-state index contributed by atoms with van der Waals surface area (Å²) in [6.07, 6.45) is 6.01. The average Bonchev–Trinajstić information content (AvgIpc) is 2.81. The minimum absolute atomic E-state index is 0.0141. The number of likely N-dealkylation sites (tertiary alicyclic amines) is 1. The molecule has 3 atom stereocenters. The van der Waals surface area contributed by atoms with Gasteiger partial charge in [0.2, 0.25) is 5.91 Å². The number of hydrogen-bond acceptors (Lipinski definition) is 4. The Hall–Kier alpha value is -2.34. The second kappa shape index (κ2) is 11.2. The van der Waals surface area contributed by atoms with Crippen molar-refractivity contribution >= 4 is 35.1 Å². The van der Waals surface area contributed by atoms with E-state index in [2.05, 4.69) is 22.9 Å². The molecule has 0 aromatic heterocycles. The monoisotopic (exact) mass is 514 g/mol. The molecule has 1 amide bonds. The largest absolute Gasteiger partial charge is 0.427 e. The van der Waals surface area contributed by atoms with Crippen LogP contribution in [0, 0.1) is 5.92 Å². The number of halogens is 2. The van der Waals surface area contributed by atoms with Gasteiger partial charge in [-0.2, -0.15) is 0 Å². The minimum Gasteiger partial charge on any atom is -0.427 e. The first kappa shape index (κ1) is 25.7. The zero-order chi connectivity index (χ0) is 25.0. The summed E-state index contributed by atoms with van der Waals surface area (Å²) in [6.45, 7) is 8.16. The summed E-state index contributed by atoms with van der Waals surface area (Å²) >= 11 is 12.1. The number of nitrogens with one attached hydrogen (secondary N) is 1. The molecular formula is C28H32Cl2N2O3. The van der Waals surface area contributed by atoms with Gasteiger partial charge in [-0.25, -0.2) is 0 Å². The van der Waals surface area contributed by atoms with E-state index in [1.807, 2.05) is 30.3 Å². The molecule has 0 radical (unpaired) electrons. The lowest BCUT2D eigenvalue weighted by atomic mass is 9.58. The lowest BCUT2D eigenvalue weighted by Gasteiger charge is -2.53. The van der Waals surface area contributed by atoms with Crippen molar-refractivity contribution < 1.29 is 14.3 Å². The van der Waals surface area contributed by atoms with Crippen molar-refractivity contribution in [3.05, 3.63) is 76.3 Å². The maximum atomic E-state index is 12.9. The molecule has 1 aliphatic carbocycles. The van der Waals surface area contributed by atoms with Gasteiger partial charge in [0, 0.05) is 31.5 Å². The first-order valence-electron chi connectivity index (χ1n) is 12.1. The topological polar surface area (TPSA) is 58.6 Å². The van der Waals surface area contributed by atoms with Crippen molar-refractivity contribution in [1.29, 1.82) is 0 Å². The summed E-state index contributed by atoms with van der Waals surface area (Å²) in [6, 6.07) is 13.3. The molecule has 1 saturated carbocycles. The highest BCUT2D eigenvalue weighted by Gasteiger charge is 2.48. The first-order valence-corrected chi connectivity index (χ1v) is 12.9. The molecule has 1 saturated heterocycles. The number of carbonyl (C=O) groups is 2. The fourth-order valence-corrected chi connectivity index (χ4v) is 6.16. The van der Waals surface area contributed by atoms with Gasteiger partial charge in [0.25, 0.3) is 0 Å². The maximum absolute atomic E-state index is 12.9. The molecule has 2 fully saturated rings. The predicted octanol–water partition coefficient (Wildman–Crippen LogP) is 5.58. The molecule has 2 unspecified atom stereocenters. The third-order valence-electron chi connectivity index (χ3n) is 7.38. The molecule has 35 heavy (non-hydrogen) atoms. The Morgan fingerprint density at radius 2 is 2.03 bits per heavy atom. The van der Waals surface area contributed by atoms with Gasteiger partial charge in [-0.15, -0.1) is 6.58 Å². The second-order valence-corrected chi connectivity index (χ2v) is 10.6. The van der Waals surface area contributed by atoms with E-state index in [1.54, 1.807) is 12.1 Å². The Morgan fingerprint density at radius 3 is 2.77 bits per heavy atom. The molecule has 1 aliphatic heterocycles. The number of ether oxygens (including phenoxy) is 1. The number of amides is 1. The van der Waals surface area contributed by atoms with Crippen LogP contribution in [0.3, 0.4) is 0 Å². The van der Waals surface area contributed by atoms with Crippen molar-refractivity contribution in [2.24, 2.45) is 5.92 Å². The van der Waals surface area contributed by atoms with Crippen molar-refractivity contribution in [2.75, 3.05) is 19.6 Å². The first-order chi connectivity index (χ1) is 16.8. The maximum Gasteiger partial charge on any atom is 0.308 e. The van der Waals surface area contributed by atoms with Crippen LogP contribution >= 0.6 is 23.2 Å². The highest BCUT2D eigenvalue weighted by atomic mass is 35.5. The number of nitrogens with zero attached hydrogens (tertiary/aromatic N) is 1. The van der Waals surface area contributed by atoms with Gasteiger partial charge in [0.05, 0.1) is 16.5 Å². The predicted molar refractivity (Wildman–Crippen MR) is 140 cm³/mol. The lowest BCUT2D eigenvalue weighted by molar-refractivity contribution is -0.132. The van der Waals surface area contributed by atoms with Gasteiger partial charge in [-0.05, 0) is 73.5 Å². The molecule has 186 valence electrons. The van der Waals surface area contributed by atoms with Gasteiger partial charge in [0.15, 0.2) is 0 Å². The Bertz CT molecular complexity index is 1110. The lowest BCUT2D eigenvalue weighted by Crippen LogP contribution is -2.56. The summed E-state index contributed by atoms with van der Waals surface area (Å²) in [5, 5.41) is 4.22. The van der Waals surface area contributed by atoms with Crippen LogP contribution in [0.1, 0.15) is 43.7 Å². The van der Waals surface area contributed by atoms with Crippen LogP contribution in [0.4, 0.5) is 0 Å². The van der Waals surface area contributed by atoms with Crippen LogP contribution in [0.25, 0.3) is 0 Å². The van der Waals surface area contributed by atoms with E-state index in [-0.39, 0.29) is 29.8 Å². The summed E-state index contributed by atoms with van der Waals surface area (Å²) in [7, 11) is 0. The molecule has 7 heteroatoms. The fourth-order valence-electron chi connectivity index (χ4n) is 5.84. The minimum atomic E-state index is -0.326. The van der Waals surface area contributed by atoms with Crippen LogP contribution < -0.4 is 10.1 Å². The van der Waals surface area contributed by atoms with Gasteiger partial charge in [0.1, 0.15) is 5.75 Å². The second-order valence-electron chi connectivity index (χ2n) is 9.74. The Morgan fingerprint density at radius 1 is 1.20 bits per heavy atom. The summed E-state index contributed by atoms with van der Waals surface area (Å²) in [4.78, 5) is 26.9. The summed E-state index contributed by atoms with van der Waals surface area (Å²) < 4.78 is 5.41. The zero-order valence-electron chi connectivity index (χ0n) is 20.1. The number of rotatable bonds is 7. The number of piperidine rings is 1. The number of benzene rings is 2. The molecule has 0 spiro atoms. The Kier molecular flexibility index (Phi) is 8.20. The van der Waals surface area contributed by atoms with Crippen LogP contribution in [0.15, 0.2) is 55.1 Å². The van der Waals surface area contributed by atoms with Crippen molar-refractivity contribution in [3.8, 4) is 5.75 Å². The normalized spacial score (nSPS) is 24.3. The molecule has 1 N–H and O–H groups in total. The van der Waals surface area contributed by atoms with E-state index in [1.165, 1.54) is 12.5 Å². The van der Waals surface area contributed by atoms with Crippen molar-refractivity contribution in [1.82, 2.24) is 10.2 Å². The Balaban J connectivity index is 1.54. The molecular weight excluding hydrogens is 483 g/mol. The van der Waals surface area contributed by atoms with Gasteiger partial charge in [-0.3, -0.25) is 14.5 Å². The van der Waals surface area contributed by atoms with Crippen LogP contribution in [0.2, 0.25) is 10.0 Å². The zero-order valence-corrected chi connectivity index (χ0v) is 21.6. The molecule has 5 nitrogen and oxygen atoms in total. The van der Waals surface area contributed by atoms with E-state index >= 15 is 0 Å². The number of fused-ring (bicyclic) bond motifs is 1. The highest BCUT2D eigenvalue weighted by Crippen LogP contribution is 2.49. The quantitative estimate of drug-likeness (QED) is 0.297. The molecule has 2 aromatic carbocycles. The third kappa shape index (κ3) is 6.08. The van der Waals surface area contributed by atoms with Gasteiger partial charge in [-0.1, -0.05) is 47.5 Å². The SMILES string of the molecule is C=CCN1CCC2(c3cccc(OC(C)=O)c3)C[C@H](NC(=O)Cc3ccc(Cl)c(Cl)c3)CCC2C1.